The van der Waals surface area contributed by atoms with Crippen molar-refractivity contribution in [2.75, 3.05) is 14.2 Å². The van der Waals surface area contributed by atoms with E-state index < -0.39 is 11.9 Å². The first-order valence-corrected chi connectivity index (χ1v) is 9.55. The summed E-state index contributed by atoms with van der Waals surface area (Å²) in [5, 5.41) is 6.75. The maximum absolute atomic E-state index is 12.2. The van der Waals surface area contributed by atoms with Crippen LogP contribution in [0.25, 0.3) is 0 Å². The van der Waals surface area contributed by atoms with Crippen LogP contribution in [0.4, 0.5) is 0 Å². The molecule has 4 rings (SSSR count). The predicted octanol–water partition coefficient (Wildman–Crippen LogP) is 3.13. The predicted molar refractivity (Wildman–Crippen MR) is 108 cm³/mol. The molecular weight excluding hydrogens is 394 g/mol. The number of benzene rings is 1. The maximum atomic E-state index is 12.2. The lowest BCUT2D eigenvalue weighted by atomic mass is 10.0. The van der Waals surface area contributed by atoms with Gasteiger partial charge < -0.3 is 13.9 Å². The fourth-order valence-corrected chi connectivity index (χ4v) is 3.90. The highest BCUT2D eigenvalue weighted by molar-refractivity contribution is 8.18. The third kappa shape index (κ3) is 3.81. The summed E-state index contributed by atoms with van der Waals surface area (Å²) < 4.78 is 15.3. The Morgan fingerprint density at radius 1 is 1.28 bits per heavy atom. The zero-order chi connectivity index (χ0) is 20.4. The number of carbonyl (C=O) groups is 2. The molecule has 2 aromatic rings. The Balaban J connectivity index is 1.67. The van der Waals surface area contributed by atoms with Crippen molar-refractivity contribution >= 4 is 34.5 Å². The van der Waals surface area contributed by atoms with Gasteiger partial charge in [-0.25, -0.2) is 9.80 Å². The van der Waals surface area contributed by atoms with Crippen molar-refractivity contribution in [1.82, 2.24) is 5.01 Å². The van der Waals surface area contributed by atoms with Crippen molar-refractivity contribution in [3.05, 3.63) is 65.0 Å². The SMILES string of the molecule is COC(=O)C=C1SC(N2N=C(c3ccco3)CC2c2ccc(OC)cc2)=NC1=O. The highest BCUT2D eigenvalue weighted by Crippen LogP contribution is 2.39. The minimum Gasteiger partial charge on any atom is -0.497 e. The van der Waals surface area contributed by atoms with E-state index in [1.165, 1.54) is 7.11 Å². The number of hydrogen-bond acceptors (Lipinski definition) is 8. The monoisotopic (exact) mass is 411 g/mol. The van der Waals surface area contributed by atoms with Gasteiger partial charge in [-0.1, -0.05) is 12.1 Å². The van der Waals surface area contributed by atoms with Crippen LogP contribution < -0.4 is 4.74 Å². The molecule has 2 aliphatic rings. The molecule has 2 aliphatic heterocycles. The number of ether oxygens (including phenoxy) is 2. The van der Waals surface area contributed by atoms with Crippen LogP contribution in [0.2, 0.25) is 0 Å². The molecule has 0 spiro atoms. The number of esters is 1. The molecule has 0 aliphatic carbocycles. The number of carbonyl (C=O) groups excluding carboxylic acids is 2. The number of nitrogens with zero attached hydrogens (tertiary/aromatic N) is 3. The summed E-state index contributed by atoms with van der Waals surface area (Å²) in [6.07, 6.45) is 3.30. The summed E-state index contributed by atoms with van der Waals surface area (Å²) in [6.45, 7) is 0. The fraction of sp³-hybridized carbons (Fsp3) is 0.200. The van der Waals surface area contributed by atoms with Crippen LogP contribution in [-0.4, -0.2) is 42.0 Å². The second kappa shape index (κ2) is 7.96. The molecule has 0 radical (unpaired) electrons. The Morgan fingerprint density at radius 3 is 2.72 bits per heavy atom. The van der Waals surface area contributed by atoms with Crippen LogP contribution in [0.5, 0.6) is 5.75 Å². The van der Waals surface area contributed by atoms with E-state index in [9.17, 15) is 9.59 Å². The lowest BCUT2D eigenvalue weighted by Crippen LogP contribution is -2.23. The molecule has 1 unspecified atom stereocenters. The van der Waals surface area contributed by atoms with Crippen molar-refractivity contribution in [3.63, 3.8) is 0 Å². The summed E-state index contributed by atoms with van der Waals surface area (Å²) in [6, 6.07) is 11.1. The van der Waals surface area contributed by atoms with Gasteiger partial charge in [-0.2, -0.15) is 10.1 Å². The summed E-state index contributed by atoms with van der Waals surface area (Å²) in [5.41, 5.74) is 1.73. The molecule has 0 fully saturated rings. The van der Waals surface area contributed by atoms with Gasteiger partial charge in [0.1, 0.15) is 17.2 Å². The standard InChI is InChI=1S/C20H17N3O5S/c1-26-13-7-5-12(6-8-13)15-10-14(16-4-3-9-28-16)22-23(15)20-21-19(25)17(29-20)11-18(24)27-2/h3-9,11,15H,10H2,1-2H3. The van der Waals surface area contributed by atoms with Gasteiger partial charge in [-0.15, -0.1) is 0 Å². The van der Waals surface area contributed by atoms with Crippen molar-refractivity contribution in [2.24, 2.45) is 10.1 Å². The number of hydrogen-bond donors (Lipinski definition) is 0. The number of thioether (sulfide) groups is 1. The average Bonchev–Trinajstić information content (AvgIpc) is 3.48. The smallest absolute Gasteiger partial charge is 0.331 e. The molecular formula is C20H17N3O5S. The maximum Gasteiger partial charge on any atom is 0.331 e. The van der Waals surface area contributed by atoms with Crippen LogP contribution in [0.1, 0.15) is 23.8 Å². The summed E-state index contributed by atoms with van der Waals surface area (Å²) >= 11 is 1.09. The second-order valence-electron chi connectivity index (χ2n) is 6.19. The van der Waals surface area contributed by atoms with E-state index in [1.807, 2.05) is 30.3 Å². The van der Waals surface area contributed by atoms with Gasteiger partial charge in [0.25, 0.3) is 5.91 Å². The molecule has 3 heterocycles. The van der Waals surface area contributed by atoms with Gasteiger partial charge in [0.15, 0.2) is 5.17 Å². The first-order valence-electron chi connectivity index (χ1n) is 8.74. The van der Waals surface area contributed by atoms with Crippen molar-refractivity contribution < 1.29 is 23.5 Å². The number of amidine groups is 1. The first-order chi connectivity index (χ1) is 14.1. The Bertz CT molecular complexity index is 1020. The van der Waals surface area contributed by atoms with Crippen molar-refractivity contribution in [2.45, 2.75) is 12.5 Å². The van der Waals surface area contributed by atoms with Crippen LogP contribution in [0, 0.1) is 0 Å². The summed E-state index contributed by atoms with van der Waals surface area (Å²) in [4.78, 5) is 28.0. The number of rotatable bonds is 4. The van der Waals surface area contributed by atoms with E-state index >= 15 is 0 Å². The van der Waals surface area contributed by atoms with E-state index in [4.69, 9.17) is 9.15 Å². The zero-order valence-electron chi connectivity index (χ0n) is 15.7. The summed E-state index contributed by atoms with van der Waals surface area (Å²) in [7, 11) is 2.87. The molecule has 148 valence electrons. The molecule has 8 nitrogen and oxygen atoms in total. The normalized spacial score (nSPS) is 20.1. The lowest BCUT2D eigenvalue weighted by Gasteiger charge is -2.22. The van der Waals surface area contributed by atoms with E-state index in [0.29, 0.717) is 17.3 Å². The number of hydrazone groups is 1. The number of amides is 1. The van der Waals surface area contributed by atoms with Gasteiger partial charge in [0, 0.05) is 12.5 Å². The van der Waals surface area contributed by atoms with Crippen LogP contribution in [0.3, 0.4) is 0 Å². The number of methoxy groups -OCH3 is 2. The van der Waals surface area contributed by atoms with E-state index in [0.717, 1.165) is 34.9 Å². The third-order valence-electron chi connectivity index (χ3n) is 4.47. The van der Waals surface area contributed by atoms with Crippen LogP contribution in [0.15, 0.2) is 68.2 Å². The average molecular weight is 411 g/mol. The van der Waals surface area contributed by atoms with Gasteiger partial charge in [-0.05, 0) is 41.6 Å². The fourth-order valence-electron chi connectivity index (χ4n) is 3.03. The molecule has 1 aromatic carbocycles. The van der Waals surface area contributed by atoms with Crippen LogP contribution >= 0.6 is 11.8 Å². The number of aliphatic imine (C=N–C) groups is 1. The zero-order valence-corrected chi connectivity index (χ0v) is 16.5. The molecule has 0 saturated heterocycles. The minimum absolute atomic E-state index is 0.183. The third-order valence-corrected chi connectivity index (χ3v) is 5.45. The molecule has 0 bridgehead atoms. The van der Waals surface area contributed by atoms with Crippen molar-refractivity contribution in [1.29, 1.82) is 0 Å². The van der Waals surface area contributed by atoms with E-state index in [1.54, 1.807) is 24.4 Å². The van der Waals surface area contributed by atoms with Gasteiger partial charge >= 0.3 is 5.97 Å². The van der Waals surface area contributed by atoms with Gasteiger partial charge in [-0.3, -0.25) is 4.79 Å². The Morgan fingerprint density at radius 2 is 2.07 bits per heavy atom. The minimum atomic E-state index is -0.606. The first kappa shape index (κ1) is 19.0. The molecule has 1 atom stereocenters. The molecule has 9 heteroatoms. The highest BCUT2D eigenvalue weighted by Gasteiger charge is 2.37. The summed E-state index contributed by atoms with van der Waals surface area (Å²) in [5.74, 6) is 0.304. The quantitative estimate of drug-likeness (QED) is 0.564. The van der Waals surface area contributed by atoms with Crippen LogP contribution in [-0.2, 0) is 14.3 Å². The Hall–Kier alpha value is -3.33. The topological polar surface area (TPSA) is 93.7 Å². The highest BCUT2D eigenvalue weighted by atomic mass is 32.2. The molecule has 0 saturated carbocycles. The molecule has 29 heavy (non-hydrogen) atoms. The Labute approximate surface area is 170 Å². The largest absolute Gasteiger partial charge is 0.497 e. The number of furan rings is 1. The Kier molecular flexibility index (Phi) is 5.22. The molecule has 1 amide bonds. The molecule has 0 N–H and O–H groups in total. The molecule has 1 aromatic heterocycles. The van der Waals surface area contributed by atoms with Gasteiger partial charge in [0.2, 0.25) is 0 Å². The van der Waals surface area contributed by atoms with Crippen molar-refractivity contribution in [3.8, 4) is 5.75 Å². The van der Waals surface area contributed by atoms with E-state index in [2.05, 4.69) is 14.8 Å². The lowest BCUT2D eigenvalue weighted by molar-refractivity contribution is -0.135. The van der Waals surface area contributed by atoms with Gasteiger partial charge in [0.05, 0.1) is 31.4 Å². The van der Waals surface area contributed by atoms with E-state index in [-0.39, 0.29) is 10.9 Å². The second-order valence-corrected chi connectivity index (χ2v) is 7.20.